The summed E-state index contributed by atoms with van der Waals surface area (Å²) in [6, 6.07) is 7.10. The van der Waals surface area contributed by atoms with Gasteiger partial charge in [-0.1, -0.05) is 25.4 Å². The van der Waals surface area contributed by atoms with Gasteiger partial charge in [0.1, 0.15) is 12.4 Å². The number of nitriles is 1. The van der Waals surface area contributed by atoms with Gasteiger partial charge in [-0.15, -0.1) is 0 Å². The van der Waals surface area contributed by atoms with E-state index in [-0.39, 0.29) is 0 Å². The molecule has 1 rings (SSSR count). The van der Waals surface area contributed by atoms with Crippen LogP contribution in [0.1, 0.15) is 19.4 Å². The van der Waals surface area contributed by atoms with Gasteiger partial charge < -0.3 is 9.64 Å². The fraction of sp³-hybridized carbons (Fsp3) is 0.462. The second-order valence-electron chi connectivity index (χ2n) is 3.63. The molecule has 92 valence electrons. The third-order valence-corrected chi connectivity index (χ3v) is 2.92. The molecule has 0 spiro atoms. The van der Waals surface area contributed by atoms with Crippen LogP contribution in [0.25, 0.3) is 0 Å². The summed E-state index contributed by atoms with van der Waals surface area (Å²) in [6.07, 6.45) is 0. The number of benzene rings is 1. The molecular weight excluding hydrogens is 236 g/mol. The van der Waals surface area contributed by atoms with Gasteiger partial charge in [-0.25, -0.2) is 0 Å². The number of nitrogens with zero attached hydrogens (tertiary/aromatic N) is 2. The van der Waals surface area contributed by atoms with Crippen LogP contribution in [0.2, 0.25) is 5.02 Å². The third kappa shape index (κ3) is 4.26. The molecule has 0 aromatic heterocycles. The maximum atomic E-state index is 8.71. The van der Waals surface area contributed by atoms with E-state index in [2.05, 4.69) is 18.7 Å². The van der Waals surface area contributed by atoms with E-state index < -0.39 is 0 Å². The van der Waals surface area contributed by atoms with E-state index in [0.717, 1.165) is 19.6 Å². The highest BCUT2D eigenvalue weighted by Gasteiger charge is 2.04. The monoisotopic (exact) mass is 252 g/mol. The van der Waals surface area contributed by atoms with Crippen LogP contribution >= 0.6 is 11.6 Å². The van der Waals surface area contributed by atoms with Crippen molar-refractivity contribution in [2.75, 3.05) is 26.2 Å². The van der Waals surface area contributed by atoms with E-state index >= 15 is 0 Å². The van der Waals surface area contributed by atoms with Gasteiger partial charge in [-0.05, 0) is 31.3 Å². The molecule has 0 aliphatic heterocycles. The summed E-state index contributed by atoms with van der Waals surface area (Å²) in [6.45, 7) is 7.76. The minimum Gasteiger partial charge on any atom is -0.491 e. The third-order valence-electron chi connectivity index (χ3n) is 2.62. The van der Waals surface area contributed by atoms with E-state index in [1.54, 1.807) is 18.2 Å². The van der Waals surface area contributed by atoms with Crippen molar-refractivity contribution in [2.45, 2.75) is 13.8 Å². The molecule has 17 heavy (non-hydrogen) atoms. The van der Waals surface area contributed by atoms with Crippen LogP contribution < -0.4 is 4.74 Å². The zero-order valence-electron chi connectivity index (χ0n) is 10.2. The first-order valence-electron chi connectivity index (χ1n) is 5.76. The van der Waals surface area contributed by atoms with Crippen LogP contribution in [0, 0.1) is 11.3 Å². The molecule has 0 N–H and O–H groups in total. The molecule has 0 bridgehead atoms. The van der Waals surface area contributed by atoms with Gasteiger partial charge >= 0.3 is 0 Å². The average Bonchev–Trinajstić information content (AvgIpc) is 2.36. The Labute approximate surface area is 108 Å². The molecule has 0 atom stereocenters. The molecule has 4 heteroatoms. The first-order chi connectivity index (χ1) is 8.21. The summed E-state index contributed by atoms with van der Waals surface area (Å²) in [5, 5.41) is 9.20. The van der Waals surface area contributed by atoms with Crippen molar-refractivity contribution in [1.29, 1.82) is 5.26 Å². The van der Waals surface area contributed by atoms with E-state index in [0.29, 0.717) is 22.9 Å². The van der Waals surface area contributed by atoms with E-state index in [9.17, 15) is 0 Å². The van der Waals surface area contributed by atoms with Gasteiger partial charge in [0.05, 0.1) is 16.7 Å². The Balaban J connectivity index is 2.50. The standard InChI is InChI=1S/C13H17ClN2O/c1-3-16(4-2)7-8-17-13-6-5-11(10-15)9-12(13)14/h5-6,9H,3-4,7-8H2,1-2H3. The molecule has 0 saturated heterocycles. The predicted octanol–water partition coefficient (Wildman–Crippen LogP) is 2.93. The number of ether oxygens (including phenoxy) is 1. The highest BCUT2D eigenvalue weighted by molar-refractivity contribution is 6.32. The molecule has 0 amide bonds. The van der Waals surface area contributed by atoms with Gasteiger partial charge in [-0.2, -0.15) is 5.26 Å². The molecule has 0 saturated carbocycles. The minimum atomic E-state index is 0.489. The van der Waals surface area contributed by atoms with Crippen LogP contribution in [-0.2, 0) is 0 Å². The second-order valence-corrected chi connectivity index (χ2v) is 4.04. The lowest BCUT2D eigenvalue weighted by Gasteiger charge is -2.18. The Kier molecular flexibility index (Phi) is 5.82. The van der Waals surface area contributed by atoms with Crippen LogP contribution in [-0.4, -0.2) is 31.1 Å². The molecule has 1 aromatic carbocycles. The summed E-state index contributed by atoms with van der Waals surface area (Å²) in [5.74, 6) is 0.637. The minimum absolute atomic E-state index is 0.489. The topological polar surface area (TPSA) is 36.3 Å². The fourth-order valence-corrected chi connectivity index (χ4v) is 1.75. The smallest absolute Gasteiger partial charge is 0.138 e. The van der Waals surface area contributed by atoms with Crippen molar-refractivity contribution in [3.05, 3.63) is 28.8 Å². The summed E-state index contributed by atoms with van der Waals surface area (Å²) >= 11 is 6.00. The highest BCUT2D eigenvalue weighted by Crippen LogP contribution is 2.25. The van der Waals surface area contributed by atoms with Crippen molar-refractivity contribution in [2.24, 2.45) is 0 Å². The Morgan fingerprint density at radius 3 is 2.59 bits per heavy atom. The Hall–Kier alpha value is -1.24. The van der Waals surface area contributed by atoms with Crippen LogP contribution in [0.5, 0.6) is 5.75 Å². The van der Waals surface area contributed by atoms with Crippen molar-refractivity contribution < 1.29 is 4.74 Å². The van der Waals surface area contributed by atoms with Crippen molar-refractivity contribution in [3.63, 3.8) is 0 Å². The summed E-state index contributed by atoms with van der Waals surface area (Å²) in [7, 11) is 0. The molecule has 0 aliphatic rings. The molecule has 0 radical (unpaired) electrons. The average molecular weight is 253 g/mol. The maximum absolute atomic E-state index is 8.71. The lowest BCUT2D eigenvalue weighted by Crippen LogP contribution is -2.27. The zero-order valence-corrected chi connectivity index (χ0v) is 11.0. The molecule has 0 unspecified atom stereocenters. The second kappa shape index (κ2) is 7.16. The van der Waals surface area contributed by atoms with Crippen molar-refractivity contribution >= 4 is 11.6 Å². The Morgan fingerprint density at radius 1 is 1.35 bits per heavy atom. The summed E-state index contributed by atoms with van der Waals surface area (Å²) < 4.78 is 5.59. The van der Waals surface area contributed by atoms with Gasteiger partial charge in [-0.3, -0.25) is 0 Å². The number of likely N-dealkylation sites (N-methyl/N-ethyl adjacent to an activating group) is 1. The first-order valence-corrected chi connectivity index (χ1v) is 6.13. The molecule has 3 nitrogen and oxygen atoms in total. The Bertz CT molecular complexity index is 397. The van der Waals surface area contributed by atoms with Gasteiger partial charge in [0.25, 0.3) is 0 Å². The molecule has 0 heterocycles. The van der Waals surface area contributed by atoms with Crippen molar-refractivity contribution in [1.82, 2.24) is 4.90 Å². The van der Waals surface area contributed by atoms with Gasteiger partial charge in [0.15, 0.2) is 0 Å². The SMILES string of the molecule is CCN(CC)CCOc1ccc(C#N)cc1Cl. The lowest BCUT2D eigenvalue weighted by molar-refractivity contribution is 0.223. The van der Waals surface area contributed by atoms with E-state index in [1.807, 2.05) is 6.07 Å². The Morgan fingerprint density at radius 2 is 2.06 bits per heavy atom. The van der Waals surface area contributed by atoms with Gasteiger partial charge in [0, 0.05) is 6.54 Å². The number of hydrogen-bond acceptors (Lipinski definition) is 3. The maximum Gasteiger partial charge on any atom is 0.138 e. The van der Waals surface area contributed by atoms with E-state index in [1.165, 1.54) is 0 Å². The number of rotatable bonds is 6. The highest BCUT2D eigenvalue weighted by atomic mass is 35.5. The van der Waals surface area contributed by atoms with Gasteiger partial charge in [0.2, 0.25) is 0 Å². The number of halogens is 1. The van der Waals surface area contributed by atoms with Crippen LogP contribution in [0.3, 0.4) is 0 Å². The summed E-state index contributed by atoms with van der Waals surface area (Å²) in [5.41, 5.74) is 0.547. The quantitative estimate of drug-likeness (QED) is 0.781. The van der Waals surface area contributed by atoms with Crippen LogP contribution in [0.4, 0.5) is 0 Å². The molecule has 0 aliphatic carbocycles. The summed E-state index contributed by atoms with van der Waals surface area (Å²) in [4.78, 5) is 2.28. The van der Waals surface area contributed by atoms with E-state index in [4.69, 9.17) is 21.6 Å². The fourth-order valence-electron chi connectivity index (χ4n) is 1.51. The normalized spacial score (nSPS) is 10.3. The van der Waals surface area contributed by atoms with Crippen LogP contribution in [0.15, 0.2) is 18.2 Å². The lowest BCUT2D eigenvalue weighted by atomic mass is 10.2. The molecule has 1 aromatic rings. The first kappa shape index (κ1) is 13.8. The predicted molar refractivity (Wildman–Crippen MR) is 69.5 cm³/mol. The van der Waals surface area contributed by atoms with Crippen molar-refractivity contribution in [3.8, 4) is 11.8 Å². The largest absolute Gasteiger partial charge is 0.491 e. The molecular formula is C13H17ClN2O. The zero-order chi connectivity index (χ0) is 12.7. The number of hydrogen-bond donors (Lipinski definition) is 0. The molecule has 0 fully saturated rings.